The van der Waals surface area contributed by atoms with Gasteiger partial charge in [-0.25, -0.2) is 0 Å². The van der Waals surface area contributed by atoms with Crippen molar-refractivity contribution in [1.82, 2.24) is 0 Å². The largest absolute Gasteiger partial charge is 0.302 e. The van der Waals surface area contributed by atoms with Crippen molar-refractivity contribution in [3.05, 3.63) is 29.3 Å². The van der Waals surface area contributed by atoms with Crippen LogP contribution in [0.1, 0.15) is 56.1 Å². The molecule has 0 bridgehead atoms. The molecule has 1 heterocycles. The number of carbonyl (C=O) groups is 2. The number of hydrogen-bond acceptors (Lipinski definition) is 4. The van der Waals surface area contributed by atoms with E-state index in [-0.39, 0.29) is 24.2 Å². The number of aliphatic imine (C=N–C) groups is 1. The third-order valence-electron chi connectivity index (χ3n) is 5.92. The van der Waals surface area contributed by atoms with Gasteiger partial charge in [-0.1, -0.05) is 37.5 Å². The smallest absolute Gasteiger partial charge is 0.266 e. The Hall–Kier alpha value is -2.01. The summed E-state index contributed by atoms with van der Waals surface area (Å²) < 4.78 is 0. The third kappa shape index (κ3) is 3.20. The van der Waals surface area contributed by atoms with Gasteiger partial charge in [0.15, 0.2) is 11.9 Å². The molecule has 5 nitrogen and oxygen atoms in total. The second-order valence-corrected chi connectivity index (χ2v) is 7.93. The predicted molar refractivity (Wildman–Crippen MR) is 102 cm³/mol. The van der Waals surface area contributed by atoms with Crippen molar-refractivity contribution in [3.63, 3.8) is 0 Å². The fourth-order valence-corrected chi connectivity index (χ4v) is 4.32. The molecule has 1 aliphatic heterocycles. The number of Topliss-reactive ketones (excluding diaryl/α,β-unsaturated/α-hetero) is 1. The molecule has 0 radical (unpaired) electrons. The quantitative estimate of drug-likeness (QED) is 0.904. The Labute approximate surface area is 154 Å². The molecule has 2 aliphatic carbocycles. The zero-order valence-corrected chi connectivity index (χ0v) is 15.4. The molecule has 0 aromatic heterocycles. The van der Waals surface area contributed by atoms with Gasteiger partial charge in [-0.2, -0.15) is 0 Å². The van der Waals surface area contributed by atoms with Crippen molar-refractivity contribution in [3.8, 4) is 0 Å². The van der Waals surface area contributed by atoms with E-state index in [4.69, 9.17) is 5.73 Å². The number of amides is 1. The monoisotopic (exact) mass is 353 g/mol. The molecular weight excluding hydrogens is 326 g/mol. The first-order chi connectivity index (χ1) is 12.6. The number of carbonyl (C=O) groups excluding carboxylic acids is 2. The van der Waals surface area contributed by atoms with Crippen molar-refractivity contribution in [2.24, 2.45) is 22.6 Å². The summed E-state index contributed by atoms with van der Waals surface area (Å²) in [4.78, 5) is 32.1. The second kappa shape index (κ2) is 6.95. The highest BCUT2D eigenvalue weighted by Crippen LogP contribution is 2.39. The molecule has 4 rings (SSSR count). The molecule has 2 N–H and O–H groups in total. The summed E-state index contributed by atoms with van der Waals surface area (Å²) >= 11 is 0. The second-order valence-electron chi connectivity index (χ2n) is 7.93. The Morgan fingerprint density at radius 1 is 1.19 bits per heavy atom. The fraction of sp³-hybridized carbons (Fsp3) is 0.571. The van der Waals surface area contributed by atoms with Crippen molar-refractivity contribution in [1.29, 1.82) is 0 Å². The number of nitrogens with two attached hydrogens (primary N) is 1. The minimum Gasteiger partial charge on any atom is -0.302 e. The lowest BCUT2D eigenvalue weighted by atomic mass is 9.86. The van der Waals surface area contributed by atoms with Crippen LogP contribution in [-0.4, -0.2) is 30.1 Å². The number of benzodiazepines with no additional fused rings is 1. The molecule has 138 valence electrons. The first-order valence-corrected chi connectivity index (χ1v) is 9.83. The van der Waals surface area contributed by atoms with Gasteiger partial charge in [0.05, 0.1) is 12.2 Å². The van der Waals surface area contributed by atoms with Crippen molar-refractivity contribution >= 4 is 23.1 Å². The number of rotatable bonds is 4. The Morgan fingerprint density at radius 3 is 2.62 bits per heavy atom. The number of benzene rings is 1. The van der Waals surface area contributed by atoms with Crippen LogP contribution in [-0.2, 0) is 9.59 Å². The van der Waals surface area contributed by atoms with Crippen LogP contribution in [0.2, 0.25) is 0 Å². The molecule has 1 atom stereocenters. The van der Waals surface area contributed by atoms with Crippen LogP contribution in [0.25, 0.3) is 0 Å². The maximum atomic E-state index is 13.0. The molecule has 1 aromatic rings. The lowest BCUT2D eigenvalue weighted by Gasteiger charge is -2.28. The minimum atomic E-state index is -0.920. The molecule has 1 unspecified atom stereocenters. The lowest BCUT2D eigenvalue weighted by Crippen LogP contribution is -2.46. The highest BCUT2D eigenvalue weighted by molar-refractivity contribution is 6.16. The van der Waals surface area contributed by atoms with Gasteiger partial charge in [0.2, 0.25) is 0 Å². The molecule has 1 aromatic carbocycles. The molecule has 3 aliphatic rings. The van der Waals surface area contributed by atoms with Crippen molar-refractivity contribution in [2.45, 2.75) is 58.0 Å². The summed E-state index contributed by atoms with van der Waals surface area (Å²) in [6, 6.07) is 6.00. The highest BCUT2D eigenvalue weighted by Gasteiger charge is 2.38. The van der Waals surface area contributed by atoms with Gasteiger partial charge in [-0.3, -0.25) is 14.6 Å². The van der Waals surface area contributed by atoms with E-state index in [1.54, 1.807) is 4.90 Å². The van der Waals surface area contributed by atoms with Gasteiger partial charge in [-0.15, -0.1) is 0 Å². The summed E-state index contributed by atoms with van der Waals surface area (Å²) in [5, 5.41) is 0. The maximum absolute atomic E-state index is 13.0. The highest BCUT2D eigenvalue weighted by atomic mass is 16.2. The van der Waals surface area contributed by atoms with E-state index in [0.717, 1.165) is 61.1 Å². The number of ketones is 1. The van der Waals surface area contributed by atoms with Crippen molar-refractivity contribution in [2.75, 3.05) is 11.4 Å². The van der Waals surface area contributed by atoms with Crippen LogP contribution in [0.4, 0.5) is 5.69 Å². The number of fused-ring (bicyclic) bond motifs is 1. The van der Waals surface area contributed by atoms with Gasteiger partial charge >= 0.3 is 0 Å². The number of aryl methyl sites for hydroxylation is 1. The van der Waals surface area contributed by atoms with Gasteiger partial charge in [-0.05, 0) is 38.2 Å². The predicted octanol–water partition coefficient (Wildman–Crippen LogP) is 2.97. The molecule has 0 saturated heterocycles. The molecule has 1 amide bonds. The third-order valence-corrected chi connectivity index (χ3v) is 5.92. The Morgan fingerprint density at radius 2 is 1.92 bits per heavy atom. The van der Waals surface area contributed by atoms with Crippen LogP contribution in [0, 0.1) is 18.8 Å². The molecule has 5 heteroatoms. The van der Waals surface area contributed by atoms with E-state index in [0.29, 0.717) is 5.92 Å². The lowest BCUT2D eigenvalue weighted by molar-refractivity contribution is -0.125. The first-order valence-electron chi connectivity index (χ1n) is 9.83. The zero-order valence-electron chi connectivity index (χ0n) is 15.4. The summed E-state index contributed by atoms with van der Waals surface area (Å²) in [5.41, 5.74) is 9.87. The number of para-hydroxylation sites is 1. The summed E-state index contributed by atoms with van der Waals surface area (Å²) in [6.45, 7) is 2.11. The van der Waals surface area contributed by atoms with Crippen LogP contribution < -0.4 is 10.6 Å². The Balaban J connectivity index is 1.70. The van der Waals surface area contributed by atoms with Gasteiger partial charge < -0.3 is 10.6 Å². The van der Waals surface area contributed by atoms with E-state index in [9.17, 15) is 9.59 Å². The average molecular weight is 353 g/mol. The topological polar surface area (TPSA) is 75.8 Å². The Kier molecular flexibility index (Phi) is 4.65. The molecule has 0 spiro atoms. The van der Waals surface area contributed by atoms with E-state index in [1.807, 2.05) is 25.1 Å². The summed E-state index contributed by atoms with van der Waals surface area (Å²) in [5.74, 6) is 0.366. The average Bonchev–Trinajstić information content (AvgIpc) is 3.49. The molecule has 2 saturated carbocycles. The van der Waals surface area contributed by atoms with E-state index < -0.39 is 6.17 Å². The van der Waals surface area contributed by atoms with E-state index in [2.05, 4.69) is 4.99 Å². The SMILES string of the molecule is Cc1cccc2c1N(CC(=O)C1CCCCC1)C(=O)C(N)N=C2C1CC1. The van der Waals surface area contributed by atoms with Crippen LogP contribution >= 0.6 is 0 Å². The van der Waals surface area contributed by atoms with Crippen molar-refractivity contribution < 1.29 is 9.59 Å². The van der Waals surface area contributed by atoms with Crippen LogP contribution in [0.3, 0.4) is 0 Å². The number of nitrogens with zero attached hydrogens (tertiary/aromatic N) is 2. The van der Waals surface area contributed by atoms with Crippen LogP contribution in [0.15, 0.2) is 23.2 Å². The first kappa shape index (κ1) is 17.4. The number of hydrogen-bond donors (Lipinski definition) is 1. The van der Waals surface area contributed by atoms with Gasteiger partial charge in [0.1, 0.15) is 0 Å². The molecule has 2 fully saturated rings. The molecule has 26 heavy (non-hydrogen) atoms. The normalized spacial score (nSPS) is 24.1. The number of anilines is 1. The van der Waals surface area contributed by atoms with E-state index in [1.165, 1.54) is 6.42 Å². The fourth-order valence-electron chi connectivity index (χ4n) is 4.32. The van der Waals surface area contributed by atoms with E-state index >= 15 is 0 Å². The van der Waals surface area contributed by atoms with Gasteiger partial charge in [0.25, 0.3) is 5.91 Å². The van der Waals surface area contributed by atoms with Gasteiger partial charge in [0, 0.05) is 23.1 Å². The zero-order chi connectivity index (χ0) is 18.3. The Bertz CT molecular complexity index is 761. The van der Waals surface area contributed by atoms with Crippen LogP contribution in [0.5, 0.6) is 0 Å². The summed E-state index contributed by atoms with van der Waals surface area (Å²) in [7, 11) is 0. The minimum absolute atomic E-state index is 0.0762. The standard InChI is InChI=1S/C21H27N3O2/c1-13-6-5-9-16-18(15-10-11-15)23-20(22)21(26)24(19(13)16)12-17(25)14-7-3-2-4-8-14/h5-6,9,14-15,20H,2-4,7-8,10-12,22H2,1H3. The maximum Gasteiger partial charge on any atom is 0.266 e. The summed E-state index contributed by atoms with van der Waals surface area (Å²) in [6.07, 6.45) is 6.56. The molecular formula is C21H27N3O2.